The van der Waals surface area contributed by atoms with Crippen molar-refractivity contribution in [3.63, 3.8) is 0 Å². The van der Waals surface area contributed by atoms with Gasteiger partial charge in [0.05, 0.1) is 29.4 Å². The summed E-state index contributed by atoms with van der Waals surface area (Å²) in [4.78, 5) is 4.19. The van der Waals surface area contributed by atoms with E-state index in [2.05, 4.69) is 22.1 Å². The Morgan fingerprint density at radius 3 is 2.78 bits per heavy atom. The Hall–Kier alpha value is -3.36. The van der Waals surface area contributed by atoms with Crippen LogP contribution in [0.3, 0.4) is 0 Å². The number of terminal acetylenes is 1. The fraction of sp³-hybridized carbons (Fsp3) is 0.211. The molecule has 0 radical (unpaired) electrons. The lowest BCUT2D eigenvalue weighted by Gasteiger charge is -2.25. The average Bonchev–Trinajstić information content (AvgIpc) is 3.09. The molecule has 0 bridgehead atoms. The van der Waals surface area contributed by atoms with Crippen LogP contribution in [0.25, 0.3) is 16.9 Å². The van der Waals surface area contributed by atoms with Gasteiger partial charge >= 0.3 is 0 Å². The maximum Gasteiger partial charge on any atom is 0.238 e. The molecule has 0 aliphatic heterocycles. The van der Waals surface area contributed by atoms with Gasteiger partial charge in [-0.1, -0.05) is 18.1 Å². The first-order valence-corrected chi connectivity index (χ1v) is 9.68. The van der Waals surface area contributed by atoms with E-state index in [1.165, 1.54) is 10.5 Å². The fourth-order valence-corrected chi connectivity index (χ4v) is 3.85. The Morgan fingerprint density at radius 2 is 2.11 bits per heavy atom. The number of benzene rings is 1. The molecule has 0 unspecified atom stereocenters. The maximum atomic E-state index is 12.7. The molecule has 136 valence electrons. The molecule has 0 saturated heterocycles. The van der Waals surface area contributed by atoms with Gasteiger partial charge in [-0.05, 0) is 32.0 Å². The molecule has 0 aliphatic rings. The molecule has 0 N–H and O–H groups in total. The number of nitriles is 1. The second kappa shape index (κ2) is 7.10. The van der Waals surface area contributed by atoms with Gasteiger partial charge in [0.15, 0.2) is 5.65 Å². The van der Waals surface area contributed by atoms with Gasteiger partial charge in [0.2, 0.25) is 10.0 Å². The Morgan fingerprint density at radius 1 is 1.33 bits per heavy atom. The molecule has 2 aromatic heterocycles. The van der Waals surface area contributed by atoms with Crippen LogP contribution in [0, 0.1) is 23.7 Å². The SMILES string of the molecule is C#CCN(c1cccc(-c2ccnc3c(C#N)cnn23)c1)S(=O)(=O)C(C)C. The van der Waals surface area contributed by atoms with Gasteiger partial charge in [0.1, 0.15) is 11.6 Å². The Kier molecular flexibility index (Phi) is 4.85. The molecule has 1 aromatic carbocycles. The highest BCUT2D eigenvalue weighted by Gasteiger charge is 2.26. The van der Waals surface area contributed by atoms with E-state index < -0.39 is 15.3 Å². The molecule has 27 heavy (non-hydrogen) atoms. The Balaban J connectivity index is 2.16. The van der Waals surface area contributed by atoms with Crippen LogP contribution in [0.5, 0.6) is 0 Å². The Bertz CT molecular complexity index is 1180. The fourth-order valence-electron chi connectivity index (χ4n) is 2.67. The van der Waals surface area contributed by atoms with Gasteiger partial charge in [-0.15, -0.1) is 6.42 Å². The summed E-state index contributed by atoms with van der Waals surface area (Å²) in [6, 6.07) is 10.8. The number of sulfonamides is 1. The highest BCUT2D eigenvalue weighted by molar-refractivity contribution is 7.93. The molecule has 3 rings (SSSR count). The van der Waals surface area contributed by atoms with Crippen LogP contribution >= 0.6 is 0 Å². The molecule has 0 fully saturated rings. The van der Waals surface area contributed by atoms with E-state index in [0.29, 0.717) is 22.6 Å². The van der Waals surface area contributed by atoms with E-state index in [-0.39, 0.29) is 6.54 Å². The summed E-state index contributed by atoms with van der Waals surface area (Å²) in [5.74, 6) is 2.41. The summed E-state index contributed by atoms with van der Waals surface area (Å²) < 4.78 is 28.2. The van der Waals surface area contributed by atoms with Gasteiger partial charge < -0.3 is 0 Å². The van der Waals surface area contributed by atoms with Gasteiger partial charge in [-0.25, -0.2) is 17.9 Å². The molecule has 0 aliphatic carbocycles. The lowest BCUT2D eigenvalue weighted by molar-refractivity contribution is 0.584. The second-order valence-electron chi connectivity index (χ2n) is 6.09. The van der Waals surface area contributed by atoms with Crippen LogP contribution in [0.1, 0.15) is 19.4 Å². The zero-order valence-electron chi connectivity index (χ0n) is 14.9. The quantitative estimate of drug-likeness (QED) is 0.635. The number of anilines is 1. The third kappa shape index (κ3) is 3.23. The lowest BCUT2D eigenvalue weighted by atomic mass is 10.1. The highest BCUT2D eigenvalue weighted by atomic mass is 32.2. The third-order valence-corrected chi connectivity index (χ3v) is 6.24. The molecule has 0 atom stereocenters. The van der Waals surface area contributed by atoms with Crippen molar-refractivity contribution in [2.24, 2.45) is 0 Å². The van der Waals surface area contributed by atoms with E-state index in [9.17, 15) is 8.42 Å². The van der Waals surface area contributed by atoms with Crippen LogP contribution in [-0.2, 0) is 10.0 Å². The van der Waals surface area contributed by atoms with Crippen molar-refractivity contribution in [1.82, 2.24) is 14.6 Å². The largest absolute Gasteiger partial charge is 0.258 e. The molecule has 0 amide bonds. The predicted molar refractivity (Wildman–Crippen MR) is 103 cm³/mol. The van der Waals surface area contributed by atoms with Crippen molar-refractivity contribution < 1.29 is 8.42 Å². The van der Waals surface area contributed by atoms with E-state index >= 15 is 0 Å². The van der Waals surface area contributed by atoms with Gasteiger partial charge in [0.25, 0.3) is 0 Å². The highest BCUT2D eigenvalue weighted by Crippen LogP contribution is 2.27. The minimum atomic E-state index is -3.58. The van der Waals surface area contributed by atoms with E-state index in [0.717, 1.165) is 5.56 Å². The predicted octanol–water partition coefficient (Wildman–Crippen LogP) is 2.45. The van der Waals surface area contributed by atoms with Gasteiger partial charge in [-0.2, -0.15) is 10.4 Å². The monoisotopic (exact) mass is 379 g/mol. The number of fused-ring (bicyclic) bond motifs is 1. The molecular weight excluding hydrogens is 362 g/mol. The first-order valence-electron chi connectivity index (χ1n) is 8.18. The molecule has 7 nitrogen and oxygen atoms in total. The molecular formula is C19H17N5O2S. The summed E-state index contributed by atoms with van der Waals surface area (Å²) in [7, 11) is -3.58. The third-order valence-electron chi connectivity index (χ3n) is 4.09. The molecule has 0 spiro atoms. The van der Waals surface area contributed by atoms with E-state index in [1.807, 2.05) is 6.07 Å². The minimum absolute atomic E-state index is 0.0595. The summed E-state index contributed by atoms with van der Waals surface area (Å²) in [5, 5.41) is 12.8. The smallest absolute Gasteiger partial charge is 0.238 e. The van der Waals surface area contributed by atoms with Crippen molar-refractivity contribution in [1.29, 1.82) is 5.26 Å². The second-order valence-corrected chi connectivity index (χ2v) is 8.50. The van der Waals surface area contributed by atoms with Crippen molar-refractivity contribution in [3.05, 3.63) is 48.3 Å². The number of hydrogen-bond acceptors (Lipinski definition) is 5. The van der Waals surface area contributed by atoms with Crippen LogP contribution in [0.2, 0.25) is 0 Å². The lowest BCUT2D eigenvalue weighted by Crippen LogP contribution is -2.36. The van der Waals surface area contributed by atoms with Crippen LogP contribution in [0.4, 0.5) is 5.69 Å². The number of rotatable bonds is 5. The van der Waals surface area contributed by atoms with Gasteiger partial charge in [0, 0.05) is 11.8 Å². The first kappa shape index (κ1) is 18.4. The van der Waals surface area contributed by atoms with E-state index in [4.69, 9.17) is 11.7 Å². The number of aromatic nitrogens is 3. The summed E-state index contributed by atoms with van der Waals surface area (Å²) >= 11 is 0. The van der Waals surface area contributed by atoms with Crippen molar-refractivity contribution in [3.8, 4) is 29.7 Å². The van der Waals surface area contributed by atoms with Crippen molar-refractivity contribution in [2.75, 3.05) is 10.8 Å². The van der Waals surface area contributed by atoms with Crippen LogP contribution < -0.4 is 4.31 Å². The summed E-state index contributed by atoms with van der Waals surface area (Å²) in [5.41, 5.74) is 2.69. The normalized spacial score (nSPS) is 11.3. The van der Waals surface area contributed by atoms with Crippen molar-refractivity contribution in [2.45, 2.75) is 19.1 Å². The minimum Gasteiger partial charge on any atom is -0.258 e. The zero-order chi connectivity index (χ0) is 19.6. The number of hydrogen-bond donors (Lipinski definition) is 0. The van der Waals surface area contributed by atoms with Crippen LogP contribution in [0.15, 0.2) is 42.7 Å². The molecule has 2 heterocycles. The van der Waals surface area contributed by atoms with E-state index in [1.54, 1.807) is 48.8 Å². The maximum absolute atomic E-state index is 12.7. The first-order chi connectivity index (χ1) is 12.9. The van der Waals surface area contributed by atoms with Crippen molar-refractivity contribution >= 4 is 21.4 Å². The standard InChI is InChI=1S/C19H17N5O2S/c1-4-10-23(27(25,26)14(2)3)17-7-5-6-15(11-17)18-8-9-21-19-16(12-20)13-22-24(18)19/h1,5-9,11,13-14H,10H2,2-3H3. The topological polar surface area (TPSA) is 91.4 Å². The molecule has 0 saturated carbocycles. The average molecular weight is 379 g/mol. The van der Waals surface area contributed by atoms with Gasteiger partial charge in [-0.3, -0.25) is 4.31 Å². The zero-order valence-corrected chi connectivity index (χ0v) is 15.7. The van der Waals surface area contributed by atoms with Crippen LogP contribution in [-0.4, -0.2) is 34.8 Å². The molecule has 3 aromatic rings. The summed E-state index contributed by atoms with van der Waals surface area (Å²) in [6.45, 7) is 3.17. The molecule has 8 heteroatoms. The number of nitrogens with zero attached hydrogens (tertiary/aromatic N) is 5. The Labute approximate surface area is 157 Å². The summed E-state index contributed by atoms with van der Waals surface area (Å²) in [6.07, 6.45) is 8.43.